The van der Waals surface area contributed by atoms with Crippen molar-refractivity contribution in [3.05, 3.63) is 219 Å². The molecule has 0 fully saturated rings. The SMILES string of the molecule is c1coc(-c2c3[nH]c(c(-c4ccco4)c4[nH]c(c(-c5ccco5)c5[nH]c(c(-c6ccco6)c6[nH]c2c2c7cccc8cccc(c87)c62)c2c6cccc7cccc(c76)c52)c2c5cccc6cccc(c65)c42)c2c4cccc5cccc(c54)c32)c1. The van der Waals surface area contributed by atoms with E-state index < -0.39 is 0 Å². The van der Waals surface area contributed by atoms with E-state index in [1.807, 2.05) is 24.3 Å². The number of nitrogens with one attached hydrogen (secondary N) is 4. The molecule has 0 unspecified atom stereocenters. The molecule has 0 aliphatic rings. The summed E-state index contributed by atoms with van der Waals surface area (Å²) in [6.45, 7) is 0. The minimum absolute atomic E-state index is 0.709. The van der Waals surface area contributed by atoms with Gasteiger partial charge in [0.25, 0.3) is 0 Å². The Labute approximate surface area is 473 Å². The number of hydrogen-bond acceptors (Lipinski definition) is 4. The van der Waals surface area contributed by atoms with Gasteiger partial charge >= 0.3 is 0 Å². The zero-order valence-corrected chi connectivity index (χ0v) is 44.4. The summed E-state index contributed by atoms with van der Waals surface area (Å²) in [5, 5.41) is 27.2. The molecular formula is C76H40N4O4. The lowest BCUT2D eigenvalue weighted by atomic mass is 10.0. The minimum Gasteiger partial charge on any atom is -0.464 e. The lowest BCUT2D eigenvalue weighted by molar-refractivity contribution is 0.583. The Morgan fingerprint density at radius 3 is 0.512 bits per heavy atom. The first-order valence-corrected chi connectivity index (χ1v) is 28.5. The predicted molar refractivity (Wildman–Crippen MR) is 346 cm³/mol. The van der Waals surface area contributed by atoms with Gasteiger partial charge in [0.1, 0.15) is 23.0 Å². The maximum Gasteiger partial charge on any atom is 0.138 e. The molecule has 0 spiro atoms. The summed E-state index contributed by atoms with van der Waals surface area (Å²) in [4.78, 5) is 17.3. The number of aromatic nitrogens is 4. The normalized spacial score (nSPS) is 12.8. The average molecular weight is 1070 g/mol. The minimum atomic E-state index is 0.709. The van der Waals surface area contributed by atoms with E-state index in [4.69, 9.17) is 17.7 Å². The van der Waals surface area contributed by atoms with E-state index in [9.17, 15) is 0 Å². The molecular weight excluding hydrogens is 1030 g/mol. The molecule has 0 saturated heterocycles. The average Bonchev–Trinajstić information content (AvgIpc) is 1.88. The van der Waals surface area contributed by atoms with Gasteiger partial charge < -0.3 is 37.6 Å². The Balaban J connectivity index is 1.18. The van der Waals surface area contributed by atoms with Gasteiger partial charge in [-0.3, -0.25) is 0 Å². The van der Waals surface area contributed by atoms with Crippen LogP contribution in [0, 0.1) is 0 Å². The van der Waals surface area contributed by atoms with E-state index in [-0.39, 0.29) is 0 Å². The van der Waals surface area contributed by atoms with Gasteiger partial charge in [0.05, 0.1) is 91.4 Å². The molecule has 4 N–H and O–H groups in total. The quantitative estimate of drug-likeness (QED) is 0.140. The van der Waals surface area contributed by atoms with E-state index in [1.54, 1.807) is 25.1 Å². The lowest BCUT2D eigenvalue weighted by Gasteiger charge is -2.06. The zero-order valence-electron chi connectivity index (χ0n) is 44.4. The fourth-order valence-corrected chi connectivity index (χ4v) is 15.9. The number of H-pyrrole nitrogens is 4. The molecule has 21 rings (SSSR count). The van der Waals surface area contributed by atoms with Crippen LogP contribution in [0.15, 0.2) is 237 Å². The van der Waals surface area contributed by atoms with E-state index in [0.717, 1.165) is 153 Å². The third-order valence-electron chi connectivity index (χ3n) is 18.8. The van der Waals surface area contributed by atoms with Crippen molar-refractivity contribution in [3.63, 3.8) is 0 Å². The Kier molecular flexibility index (Phi) is 7.89. The molecule has 0 saturated carbocycles. The molecule has 0 amide bonds. The topological polar surface area (TPSA) is 116 Å². The Morgan fingerprint density at radius 2 is 0.357 bits per heavy atom. The van der Waals surface area contributed by atoms with Gasteiger partial charge in [-0.1, -0.05) is 146 Å². The van der Waals surface area contributed by atoms with Crippen molar-refractivity contribution in [2.45, 2.75) is 0 Å². The summed E-state index contributed by atoms with van der Waals surface area (Å²) in [6, 6.07) is 70.0. The van der Waals surface area contributed by atoms with Crippen molar-refractivity contribution in [2.24, 2.45) is 0 Å². The molecule has 0 aliphatic heterocycles. The van der Waals surface area contributed by atoms with Crippen molar-refractivity contribution < 1.29 is 17.7 Å². The van der Waals surface area contributed by atoms with Crippen molar-refractivity contribution >= 4 is 173 Å². The molecule has 8 nitrogen and oxygen atoms in total. The molecule has 8 heterocycles. The van der Waals surface area contributed by atoms with Gasteiger partial charge in [0.15, 0.2) is 0 Å². The van der Waals surface area contributed by atoms with Crippen LogP contribution in [0.25, 0.3) is 219 Å². The summed E-state index contributed by atoms with van der Waals surface area (Å²) in [5.41, 5.74) is 10.9. The molecule has 8 heteroatoms. The Morgan fingerprint density at radius 1 is 0.179 bits per heavy atom. The largest absolute Gasteiger partial charge is 0.464 e. The van der Waals surface area contributed by atoms with E-state index in [2.05, 4.69) is 190 Å². The highest BCUT2D eigenvalue weighted by atomic mass is 16.3. The molecule has 21 aromatic rings. The van der Waals surface area contributed by atoms with Crippen molar-refractivity contribution in [1.29, 1.82) is 0 Å². The second-order valence-electron chi connectivity index (χ2n) is 22.7. The van der Waals surface area contributed by atoms with Crippen LogP contribution in [-0.4, -0.2) is 19.9 Å². The van der Waals surface area contributed by atoms with Gasteiger partial charge in [0, 0.05) is 43.1 Å². The van der Waals surface area contributed by atoms with Gasteiger partial charge in [-0.2, -0.15) is 0 Å². The molecule has 0 aliphatic carbocycles. The van der Waals surface area contributed by atoms with E-state index >= 15 is 0 Å². The third kappa shape index (κ3) is 5.18. The summed E-state index contributed by atoms with van der Waals surface area (Å²) >= 11 is 0. The summed E-state index contributed by atoms with van der Waals surface area (Å²) in [6.07, 6.45) is 7.16. The van der Waals surface area contributed by atoms with Crippen molar-refractivity contribution in [2.75, 3.05) is 0 Å². The zero-order chi connectivity index (χ0) is 54.2. The highest BCUT2D eigenvalue weighted by Gasteiger charge is 2.31. The van der Waals surface area contributed by atoms with Crippen LogP contribution in [-0.2, 0) is 0 Å². The van der Waals surface area contributed by atoms with Crippen LogP contribution in [0.2, 0.25) is 0 Å². The van der Waals surface area contributed by atoms with Crippen LogP contribution < -0.4 is 0 Å². The fourth-order valence-electron chi connectivity index (χ4n) is 15.9. The molecule has 388 valence electrons. The van der Waals surface area contributed by atoms with Gasteiger partial charge in [-0.25, -0.2) is 0 Å². The van der Waals surface area contributed by atoms with Crippen molar-refractivity contribution in [1.82, 2.24) is 19.9 Å². The lowest BCUT2D eigenvalue weighted by Crippen LogP contribution is -1.85. The second kappa shape index (κ2) is 15.3. The van der Waals surface area contributed by atoms with Gasteiger partial charge in [-0.05, 0) is 135 Å². The van der Waals surface area contributed by atoms with Crippen LogP contribution in [0.4, 0.5) is 0 Å². The van der Waals surface area contributed by atoms with Crippen LogP contribution in [0.5, 0.6) is 0 Å². The van der Waals surface area contributed by atoms with Crippen molar-refractivity contribution in [3.8, 4) is 45.3 Å². The number of benzene rings is 8. The first-order valence-electron chi connectivity index (χ1n) is 28.5. The molecule has 8 bridgehead atoms. The van der Waals surface area contributed by atoms with Crippen LogP contribution in [0.1, 0.15) is 0 Å². The molecule has 0 atom stereocenters. The highest BCUT2D eigenvalue weighted by Crippen LogP contribution is 2.56. The second-order valence-corrected chi connectivity index (χ2v) is 22.7. The number of furan rings is 4. The fraction of sp³-hybridized carbons (Fsp3) is 0. The molecule has 13 aromatic carbocycles. The predicted octanol–water partition coefficient (Wildman–Crippen LogP) is 21.9. The number of aromatic amines is 4. The first-order chi connectivity index (χ1) is 41.7. The van der Waals surface area contributed by atoms with E-state index in [1.165, 1.54) is 43.1 Å². The standard InChI is InChI=1S/C76H40N4O4/c1-13-37-14-2-22-42-53(37)41(21-1)57-58(42)70-66(50-30-10-34-82-50)72-61-45-25-5-17-39-18-6-26-46(55(39)45)62(61)74(79-72)68(52-32-12-36-84-52)76-64-48-28-8-20-40-19-7-27-47(56(40)48)63(64)75(80-76)67(51-31-11-35-83-51)73-60-44-24-4-16-38-15-3-23-43(54(38)44)59(60)71(78-73)65(69(57)77-70)49-29-9-33-81-49/h1-36,77-80H. The maximum atomic E-state index is 6.83. The number of hydrogen-bond donors (Lipinski definition) is 4. The monoisotopic (exact) mass is 1070 g/mol. The first kappa shape index (κ1) is 43.3. The summed E-state index contributed by atoms with van der Waals surface area (Å²) in [7, 11) is 0. The number of rotatable bonds is 4. The Bertz CT molecular complexity index is 5370. The maximum absolute atomic E-state index is 6.83. The summed E-state index contributed by atoms with van der Waals surface area (Å²) in [5.74, 6) is 2.84. The smallest absolute Gasteiger partial charge is 0.138 e. The molecule has 8 aromatic heterocycles. The molecule has 0 radical (unpaired) electrons. The highest BCUT2D eigenvalue weighted by molar-refractivity contribution is 6.47. The Hall–Kier alpha value is -11.5. The molecule has 84 heavy (non-hydrogen) atoms. The van der Waals surface area contributed by atoms with Gasteiger partial charge in [-0.15, -0.1) is 0 Å². The third-order valence-corrected chi connectivity index (χ3v) is 18.8. The van der Waals surface area contributed by atoms with Gasteiger partial charge in [0.2, 0.25) is 0 Å². The van der Waals surface area contributed by atoms with Crippen LogP contribution in [0.3, 0.4) is 0 Å². The summed E-state index contributed by atoms with van der Waals surface area (Å²) < 4.78 is 27.3. The van der Waals surface area contributed by atoms with Crippen LogP contribution >= 0.6 is 0 Å². The van der Waals surface area contributed by atoms with E-state index in [0.29, 0.717) is 23.0 Å².